The van der Waals surface area contributed by atoms with Crippen molar-refractivity contribution >= 4 is 11.7 Å². The van der Waals surface area contributed by atoms with Crippen molar-refractivity contribution < 1.29 is 14.3 Å². The van der Waals surface area contributed by atoms with Gasteiger partial charge in [-0.2, -0.15) is 0 Å². The molecule has 1 amide bonds. The van der Waals surface area contributed by atoms with Crippen molar-refractivity contribution in [3.63, 3.8) is 0 Å². The molecule has 1 aromatic carbocycles. The minimum atomic E-state index is -0.207. The van der Waals surface area contributed by atoms with Crippen molar-refractivity contribution in [1.82, 2.24) is 10.3 Å². The van der Waals surface area contributed by atoms with Crippen molar-refractivity contribution in [2.45, 2.75) is 18.3 Å². The fourth-order valence-corrected chi connectivity index (χ4v) is 3.66. The molecule has 27 heavy (non-hydrogen) atoms. The van der Waals surface area contributed by atoms with Gasteiger partial charge in [-0.1, -0.05) is 18.2 Å². The fourth-order valence-electron chi connectivity index (χ4n) is 3.66. The third-order valence-corrected chi connectivity index (χ3v) is 5.17. The lowest BCUT2D eigenvalue weighted by molar-refractivity contribution is 0.0479. The molecular formula is C21H27N3O3. The van der Waals surface area contributed by atoms with Crippen LogP contribution in [-0.2, 0) is 10.2 Å². The van der Waals surface area contributed by atoms with Crippen LogP contribution < -0.4 is 15.0 Å². The summed E-state index contributed by atoms with van der Waals surface area (Å²) in [5.41, 5.74) is 1.49. The van der Waals surface area contributed by atoms with Gasteiger partial charge in [0.15, 0.2) is 0 Å². The largest absolute Gasteiger partial charge is 0.496 e. The van der Waals surface area contributed by atoms with Crippen LogP contribution in [0.4, 0.5) is 5.82 Å². The third kappa shape index (κ3) is 4.06. The molecule has 2 heterocycles. The maximum absolute atomic E-state index is 12.9. The Kier molecular flexibility index (Phi) is 5.96. The molecule has 1 aliphatic heterocycles. The smallest absolute Gasteiger partial charge is 0.255 e. The van der Waals surface area contributed by atoms with Crippen LogP contribution in [0.1, 0.15) is 28.8 Å². The van der Waals surface area contributed by atoms with Gasteiger partial charge in [-0.15, -0.1) is 0 Å². The molecule has 2 aromatic rings. The minimum absolute atomic E-state index is 0.118. The second kappa shape index (κ2) is 8.39. The zero-order valence-corrected chi connectivity index (χ0v) is 16.2. The van der Waals surface area contributed by atoms with E-state index in [-0.39, 0.29) is 11.3 Å². The summed E-state index contributed by atoms with van der Waals surface area (Å²) in [5.74, 6) is 1.39. The zero-order valence-electron chi connectivity index (χ0n) is 16.2. The fraction of sp³-hybridized carbons (Fsp3) is 0.429. The van der Waals surface area contributed by atoms with E-state index in [1.165, 1.54) is 0 Å². The Bertz CT molecular complexity index is 786. The number of aromatic nitrogens is 1. The number of amides is 1. The lowest BCUT2D eigenvalue weighted by Gasteiger charge is -2.38. The van der Waals surface area contributed by atoms with Gasteiger partial charge in [0.1, 0.15) is 11.6 Å². The standard InChI is InChI=1S/C21H27N3O3/c1-24(2)19-16(7-6-12-22-19)20(25)23-15-21(10-13-27-14-11-21)17-8-4-5-9-18(17)26-3/h4-9,12H,10-11,13-15H2,1-3H3,(H,23,25). The molecule has 0 bridgehead atoms. The Labute approximate surface area is 160 Å². The predicted molar refractivity (Wildman–Crippen MR) is 106 cm³/mol. The van der Waals surface area contributed by atoms with Gasteiger partial charge in [-0.25, -0.2) is 4.98 Å². The topological polar surface area (TPSA) is 63.7 Å². The van der Waals surface area contributed by atoms with E-state index in [1.54, 1.807) is 25.4 Å². The number of para-hydroxylation sites is 1. The maximum atomic E-state index is 12.9. The SMILES string of the molecule is COc1ccccc1C1(CNC(=O)c2cccnc2N(C)C)CCOCC1. The highest BCUT2D eigenvalue weighted by atomic mass is 16.5. The van der Waals surface area contributed by atoms with Gasteiger partial charge in [-0.05, 0) is 31.0 Å². The van der Waals surface area contributed by atoms with Crippen LogP contribution in [0.15, 0.2) is 42.6 Å². The van der Waals surface area contributed by atoms with Crippen LogP contribution in [0, 0.1) is 0 Å². The van der Waals surface area contributed by atoms with Gasteiger partial charge < -0.3 is 19.7 Å². The first kappa shape index (κ1) is 19.2. The molecule has 6 heteroatoms. The summed E-state index contributed by atoms with van der Waals surface area (Å²) in [4.78, 5) is 19.1. The summed E-state index contributed by atoms with van der Waals surface area (Å²) in [6.45, 7) is 1.87. The maximum Gasteiger partial charge on any atom is 0.255 e. The van der Waals surface area contributed by atoms with E-state index in [9.17, 15) is 4.79 Å². The molecule has 0 spiro atoms. The van der Waals surface area contributed by atoms with E-state index >= 15 is 0 Å². The Morgan fingerprint density at radius 1 is 1.22 bits per heavy atom. The molecule has 1 aromatic heterocycles. The van der Waals surface area contributed by atoms with E-state index in [0.29, 0.717) is 31.1 Å². The van der Waals surface area contributed by atoms with E-state index in [4.69, 9.17) is 9.47 Å². The highest BCUT2D eigenvalue weighted by molar-refractivity contribution is 5.98. The number of carbonyl (C=O) groups is 1. The number of nitrogens with one attached hydrogen (secondary N) is 1. The minimum Gasteiger partial charge on any atom is -0.496 e. The van der Waals surface area contributed by atoms with Crippen LogP contribution in [0.3, 0.4) is 0 Å². The van der Waals surface area contributed by atoms with Gasteiger partial charge in [0.2, 0.25) is 0 Å². The molecule has 0 aliphatic carbocycles. The van der Waals surface area contributed by atoms with E-state index < -0.39 is 0 Å². The van der Waals surface area contributed by atoms with E-state index in [2.05, 4.69) is 16.4 Å². The highest BCUT2D eigenvalue weighted by Gasteiger charge is 2.37. The monoisotopic (exact) mass is 369 g/mol. The number of pyridine rings is 1. The Balaban J connectivity index is 1.85. The molecule has 0 radical (unpaired) electrons. The Morgan fingerprint density at radius 3 is 2.67 bits per heavy atom. The number of hydrogen-bond donors (Lipinski definition) is 1. The van der Waals surface area contributed by atoms with Gasteiger partial charge in [-0.3, -0.25) is 4.79 Å². The van der Waals surface area contributed by atoms with Crippen molar-refractivity contribution in [3.8, 4) is 5.75 Å². The molecule has 1 saturated heterocycles. The summed E-state index contributed by atoms with van der Waals surface area (Å²) in [6, 6.07) is 11.6. The molecule has 6 nitrogen and oxygen atoms in total. The van der Waals surface area contributed by atoms with E-state index in [0.717, 1.165) is 24.2 Å². The molecule has 0 saturated carbocycles. The predicted octanol–water partition coefficient (Wildman–Crippen LogP) is 2.63. The second-order valence-electron chi connectivity index (χ2n) is 7.04. The van der Waals surface area contributed by atoms with Crippen LogP contribution in [-0.4, -0.2) is 51.9 Å². The summed E-state index contributed by atoms with van der Waals surface area (Å²) in [5, 5.41) is 3.14. The molecular weight excluding hydrogens is 342 g/mol. The van der Waals surface area contributed by atoms with Crippen LogP contribution in [0.2, 0.25) is 0 Å². The number of ether oxygens (including phenoxy) is 2. The first-order chi connectivity index (χ1) is 13.1. The van der Waals surface area contributed by atoms with Crippen molar-refractivity contribution in [3.05, 3.63) is 53.7 Å². The lowest BCUT2D eigenvalue weighted by Crippen LogP contribution is -2.45. The zero-order chi connectivity index (χ0) is 19.3. The Morgan fingerprint density at radius 2 is 1.96 bits per heavy atom. The average molecular weight is 369 g/mol. The number of anilines is 1. The summed E-state index contributed by atoms with van der Waals surface area (Å²) in [6.07, 6.45) is 3.36. The molecule has 3 rings (SSSR count). The first-order valence-corrected chi connectivity index (χ1v) is 9.19. The highest BCUT2D eigenvalue weighted by Crippen LogP contribution is 2.39. The lowest BCUT2D eigenvalue weighted by atomic mass is 9.73. The van der Waals surface area contributed by atoms with Crippen molar-refractivity contribution in [2.75, 3.05) is 45.9 Å². The van der Waals surface area contributed by atoms with Crippen LogP contribution in [0.5, 0.6) is 5.75 Å². The van der Waals surface area contributed by atoms with Gasteiger partial charge >= 0.3 is 0 Å². The average Bonchev–Trinajstić information content (AvgIpc) is 2.72. The molecule has 1 aliphatic rings. The Hall–Kier alpha value is -2.60. The molecule has 1 N–H and O–H groups in total. The first-order valence-electron chi connectivity index (χ1n) is 9.19. The number of methoxy groups -OCH3 is 1. The number of benzene rings is 1. The van der Waals surface area contributed by atoms with Gasteiger partial charge in [0.25, 0.3) is 5.91 Å². The van der Waals surface area contributed by atoms with Gasteiger partial charge in [0, 0.05) is 51.0 Å². The normalized spacial score (nSPS) is 15.8. The number of nitrogens with zero attached hydrogens (tertiary/aromatic N) is 2. The summed E-state index contributed by atoms with van der Waals surface area (Å²) in [7, 11) is 5.45. The van der Waals surface area contributed by atoms with Crippen molar-refractivity contribution in [1.29, 1.82) is 0 Å². The van der Waals surface area contributed by atoms with Crippen LogP contribution >= 0.6 is 0 Å². The number of hydrogen-bond acceptors (Lipinski definition) is 5. The molecule has 0 unspecified atom stereocenters. The number of carbonyl (C=O) groups excluding carboxylic acids is 1. The molecule has 144 valence electrons. The summed E-state index contributed by atoms with van der Waals surface area (Å²) >= 11 is 0. The van der Waals surface area contributed by atoms with E-state index in [1.807, 2.05) is 37.2 Å². The quantitative estimate of drug-likeness (QED) is 0.848. The summed E-state index contributed by atoms with van der Waals surface area (Å²) < 4.78 is 11.2. The van der Waals surface area contributed by atoms with Crippen molar-refractivity contribution in [2.24, 2.45) is 0 Å². The molecule has 0 atom stereocenters. The third-order valence-electron chi connectivity index (χ3n) is 5.17. The molecule has 1 fully saturated rings. The number of rotatable bonds is 6. The van der Waals surface area contributed by atoms with Gasteiger partial charge in [0.05, 0.1) is 12.7 Å². The van der Waals surface area contributed by atoms with Crippen LogP contribution in [0.25, 0.3) is 0 Å². The second-order valence-corrected chi connectivity index (χ2v) is 7.04.